The monoisotopic (exact) mass is 223 g/mol. The molecule has 1 aliphatic rings. The molecule has 0 amide bonds. The third-order valence-corrected chi connectivity index (χ3v) is 3.57. The van der Waals surface area contributed by atoms with Gasteiger partial charge in [0.15, 0.2) is 0 Å². The Morgan fingerprint density at radius 1 is 1.50 bits per heavy atom. The number of aliphatic hydroxyl groups excluding tert-OH is 1. The molecule has 0 aromatic carbocycles. The van der Waals surface area contributed by atoms with Gasteiger partial charge in [-0.05, 0) is 19.9 Å². The molecule has 4 heteroatoms. The van der Waals surface area contributed by atoms with Crippen LogP contribution in [-0.2, 0) is 13.6 Å². The number of aliphatic hydroxyl groups is 1. The Morgan fingerprint density at radius 2 is 2.25 bits per heavy atom. The highest BCUT2D eigenvalue weighted by atomic mass is 16.3. The van der Waals surface area contributed by atoms with Crippen LogP contribution in [0.15, 0.2) is 12.4 Å². The summed E-state index contributed by atoms with van der Waals surface area (Å²) < 4.78 is 2.03. The van der Waals surface area contributed by atoms with Gasteiger partial charge in [0.05, 0.1) is 12.6 Å². The zero-order valence-electron chi connectivity index (χ0n) is 10.1. The fourth-order valence-corrected chi connectivity index (χ4v) is 2.50. The topological polar surface area (TPSA) is 41.3 Å². The standard InChI is InChI=1S/C12H21N3O/c1-14-8-7-13-12(14)9-15(2)10-5-3-4-6-11(10)16/h7-8,10-11,16H,3-6,9H2,1-2H3. The lowest BCUT2D eigenvalue weighted by molar-refractivity contribution is 0.0275. The molecule has 1 heterocycles. The van der Waals surface area contributed by atoms with Crippen LogP contribution in [0.2, 0.25) is 0 Å². The quantitative estimate of drug-likeness (QED) is 0.836. The maximum absolute atomic E-state index is 9.97. The van der Waals surface area contributed by atoms with Crippen molar-refractivity contribution in [3.8, 4) is 0 Å². The van der Waals surface area contributed by atoms with Gasteiger partial charge in [-0.1, -0.05) is 12.8 Å². The Kier molecular flexibility index (Phi) is 3.61. The summed E-state index contributed by atoms with van der Waals surface area (Å²) in [5.74, 6) is 1.06. The van der Waals surface area contributed by atoms with Crippen molar-refractivity contribution in [2.75, 3.05) is 7.05 Å². The Balaban J connectivity index is 1.96. The summed E-state index contributed by atoms with van der Waals surface area (Å²) in [7, 11) is 4.08. The molecule has 1 aromatic rings. The Bertz CT molecular complexity index is 337. The number of imidazole rings is 1. The fraction of sp³-hybridized carbons (Fsp3) is 0.750. The molecule has 4 nitrogen and oxygen atoms in total. The van der Waals surface area contributed by atoms with Gasteiger partial charge in [0.1, 0.15) is 5.82 Å². The second-order valence-corrected chi connectivity index (χ2v) is 4.79. The van der Waals surface area contributed by atoms with E-state index in [2.05, 4.69) is 16.9 Å². The van der Waals surface area contributed by atoms with E-state index in [0.717, 1.165) is 31.6 Å². The van der Waals surface area contributed by atoms with Gasteiger partial charge in [-0.25, -0.2) is 4.98 Å². The number of hydrogen-bond donors (Lipinski definition) is 1. The molecule has 16 heavy (non-hydrogen) atoms. The lowest BCUT2D eigenvalue weighted by atomic mass is 9.91. The normalized spacial score (nSPS) is 26.2. The number of aromatic nitrogens is 2. The molecule has 0 spiro atoms. The molecule has 1 aromatic heterocycles. The molecule has 1 saturated carbocycles. The van der Waals surface area contributed by atoms with Crippen molar-refractivity contribution >= 4 is 0 Å². The SMILES string of the molecule is CN(Cc1nccn1C)C1CCCCC1O. The highest BCUT2D eigenvalue weighted by Gasteiger charge is 2.26. The molecule has 2 unspecified atom stereocenters. The predicted molar refractivity (Wildman–Crippen MR) is 62.9 cm³/mol. The third-order valence-electron chi connectivity index (χ3n) is 3.57. The highest BCUT2D eigenvalue weighted by Crippen LogP contribution is 2.23. The molecular weight excluding hydrogens is 202 g/mol. The number of aryl methyl sites for hydroxylation is 1. The molecule has 1 N–H and O–H groups in total. The van der Waals surface area contributed by atoms with Crippen LogP contribution in [0.1, 0.15) is 31.5 Å². The Labute approximate surface area is 96.9 Å². The zero-order chi connectivity index (χ0) is 11.5. The van der Waals surface area contributed by atoms with Gasteiger partial charge in [-0.15, -0.1) is 0 Å². The van der Waals surface area contributed by atoms with Gasteiger partial charge < -0.3 is 9.67 Å². The van der Waals surface area contributed by atoms with Crippen molar-refractivity contribution in [1.82, 2.24) is 14.5 Å². The summed E-state index contributed by atoms with van der Waals surface area (Å²) in [4.78, 5) is 6.54. The first-order valence-electron chi connectivity index (χ1n) is 6.03. The maximum atomic E-state index is 9.97. The molecule has 0 aliphatic heterocycles. The van der Waals surface area contributed by atoms with E-state index < -0.39 is 0 Å². The van der Waals surface area contributed by atoms with E-state index in [1.165, 1.54) is 6.42 Å². The average Bonchev–Trinajstić information content (AvgIpc) is 2.65. The summed E-state index contributed by atoms with van der Waals surface area (Å²) in [6.45, 7) is 0.811. The maximum Gasteiger partial charge on any atom is 0.122 e. The first-order valence-corrected chi connectivity index (χ1v) is 6.03. The third kappa shape index (κ3) is 2.44. The van der Waals surface area contributed by atoms with E-state index in [1.807, 2.05) is 24.0 Å². The number of nitrogens with zero attached hydrogens (tertiary/aromatic N) is 3. The first kappa shape index (κ1) is 11.6. The van der Waals surface area contributed by atoms with Crippen molar-refractivity contribution in [3.63, 3.8) is 0 Å². The minimum Gasteiger partial charge on any atom is -0.391 e. The zero-order valence-corrected chi connectivity index (χ0v) is 10.1. The smallest absolute Gasteiger partial charge is 0.122 e. The van der Waals surface area contributed by atoms with E-state index >= 15 is 0 Å². The molecule has 90 valence electrons. The van der Waals surface area contributed by atoms with E-state index in [-0.39, 0.29) is 6.10 Å². The van der Waals surface area contributed by atoms with Crippen LogP contribution in [0.5, 0.6) is 0 Å². The van der Waals surface area contributed by atoms with Crippen LogP contribution in [0.4, 0.5) is 0 Å². The fourth-order valence-electron chi connectivity index (χ4n) is 2.50. The average molecular weight is 223 g/mol. The number of hydrogen-bond acceptors (Lipinski definition) is 3. The molecule has 0 bridgehead atoms. The van der Waals surface area contributed by atoms with Crippen molar-refractivity contribution in [2.24, 2.45) is 7.05 Å². The van der Waals surface area contributed by atoms with Crippen molar-refractivity contribution in [1.29, 1.82) is 0 Å². The minimum absolute atomic E-state index is 0.168. The second kappa shape index (κ2) is 4.97. The Hall–Kier alpha value is -0.870. The van der Waals surface area contributed by atoms with Crippen LogP contribution < -0.4 is 0 Å². The van der Waals surface area contributed by atoms with E-state index in [9.17, 15) is 5.11 Å². The summed E-state index contributed by atoms with van der Waals surface area (Å²) >= 11 is 0. The van der Waals surface area contributed by atoms with Crippen LogP contribution in [0.3, 0.4) is 0 Å². The van der Waals surface area contributed by atoms with Gasteiger partial charge in [0.25, 0.3) is 0 Å². The van der Waals surface area contributed by atoms with Crippen LogP contribution in [0, 0.1) is 0 Å². The summed E-state index contributed by atoms with van der Waals surface area (Å²) in [5, 5.41) is 9.97. The van der Waals surface area contributed by atoms with Crippen molar-refractivity contribution < 1.29 is 5.11 Å². The second-order valence-electron chi connectivity index (χ2n) is 4.79. The highest BCUT2D eigenvalue weighted by molar-refractivity contribution is 4.92. The van der Waals surface area contributed by atoms with E-state index in [4.69, 9.17) is 0 Å². The number of likely N-dealkylation sites (N-methyl/N-ethyl adjacent to an activating group) is 1. The summed E-state index contributed by atoms with van der Waals surface area (Å²) in [6, 6.07) is 0.297. The Morgan fingerprint density at radius 3 is 2.88 bits per heavy atom. The van der Waals surface area contributed by atoms with Gasteiger partial charge in [-0.2, -0.15) is 0 Å². The van der Waals surface area contributed by atoms with Crippen molar-refractivity contribution in [2.45, 2.75) is 44.4 Å². The van der Waals surface area contributed by atoms with Gasteiger partial charge >= 0.3 is 0 Å². The summed E-state index contributed by atoms with van der Waals surface area (Å²) in [6.07, 6.45) is 8.04. The van der Waals surface area contributed by atoms with E-state index in [1.54, 1.807) is 0 Å². The summed E-state index contributed by atoms with van der Waals surface area (Å²) in [5.41, 5.74) is 0. The first-order chi connectivity index (χ1) is 7.68. The van der Waals surface area contributed by atoms with Crippen LogP contribution in [-0.4, -0.2) is 38.8 Å². The van der Waals surface area contributed by atoms with Gasteiger partial charge in [-0.3, -0.25) is 4.90 Å². The molecule has 2 rings (SSSR count). The van der Waals surface area contributed by atoms with Crippen molar-refractivity contribution in [3.05, 3.63) is 18.2 Å². The molecule has 2 atom stereocenters. The van der Waals surface area contributed by atoms with Crippen LogP contribution in [0.25, 0.3) is 0 Å². The lowest BCUT2D eigenvalue weighted by Crippen LogP contribution is -2.43. The predicted octanol–water partition coefficient (Wildman–Crippen LogP) is 1.16. The molecule has 0 radical (unpaired) electrons. The van der Waals surface area contributed by atoms with Gasteiger partial charge in [0, 0.05) is 25.5 Å². The minimum atomic E-state index is -0.168. The largest absolute Gasteiger partial charge is 0.391 e. The number of rotatable bonds is 3. The molecule has 1 fully saturated rings. The van der Waals surface area contributed by atoms with E-state index in [0.29, 0.717) is 6.04 Å². The molecule has 1 aliphatic carbocycles. The molecular formula is C12H21N3O. The lowest BCUT2D eigenvalue weighted by Gasteiger charge is -2.34. The van der Waals surface area contributed by atoms with Crippen LogP contribution >= 0.6 is 0 Å². The van der Waals surface area contributed by atoms with Gasteiger partial charge in [0.2, 0.25) is 0 Å². The molecule has 0 saturated heterocycles.